The van der Waals surface area contributed by atoms with Crippen molar-refractivity contribution in [1.29, 1.82) is 0 Å². The summed E-state index contributed by atoms with van der Waals surface area (Å²) >= 11 is 8.89. The zero-order valence-corrected chi connectivity index (χ0v) is 12.4. The van der Waals surface area contributed by atoms with Gasteiger partial charge in [-0.1, -0.05) is 11.6 Å². The zero-order valence-electron chi connectivity index (χ0n) is 10.0. The van der Waals surface area contributed by atoms with Crippen LogP contribution in [0.1, 0.15) is 5.69 Å². The molecular formula is C12H9BrClFN2O2. The molecule has 0 saturated heterocycles. The van der Waals surface area contributed by atoms with Crippen LogP contribution in [0.5, 0.6) is 11.5 Å². The summed E-state index contributed by atoms with van der Waals surface area (Å²) in [5.41, 5.74) is 0.699. The molecule has 0 unspecified atom stereocenters. The van der Waals surface area contributed by atoms with Gasteiger partial charge in [-0.25, -0.2) is 14.4 Å². The SMILES string of the molecule is COc1cc(-c2nc(C)c(F)c(Cl)n2)cc(Br)c1O. The molecule has 1 aromatic carbocycles. The van der Waals surface area contributed by atoms with E-state index in [0.29, 0.717) is 10.0 Å². The van der Waals surface area contributed by atoms with E-state index in [-0.39, 0.29) is 28.2 Å². The molecule has 19 heavy (non-hydrogen) atoms. The number of methoxy groups -OCH3 is 1. The first-order valence-corrected chi connectivity index (χ1v) is 6.37. The average Bonchev–Trinajstić information content (AvgIpc) is 2.38. The molecule has 0 bridgehead atoms. The van der Waals surface area contributed by atoms with Crippen LogP contribution in [-0.2, 0) is 0 Å². The third kappa shape index (κ3) is 2.64. The lowest BCUT2D eigenvalue weighted by atomic mass is 10.2. The number of aromatic hydroxyl groups is 1. The van der Waals surface area contributed by atoms with Crippen molar-refractivity contribution in [3.8, 4) is 22.9 Å². The number of phenolic OH excluding ortho intramolecular Hbond substituents is 1. The summed E-state index contributed by atoms with van der Waals surface area (Å²) in [6.45, 7) is 1.50. The van der Waals surface area contributed by atoms with E-state index < -0.39 is 5.82 Å². The average molecular weight is 348 g/mol. The molecule has 1 N–H and O–H groups in total. The van der Waals surface area contributed by atoms with Gasteiger partial charge in [0.25, 0.3) is 0 Å². The van der Waals surface area contributed by atoms with Crippen LogP contribution < -0.4 is 4.74 Å². The molecule has 1 heterocycles. The molecule has 2 rings (SSSR count). The number of hydrogen-bond acceptors (Lipinski definition) is 4. The van der Waals surface area contributed by atoms with E-state index >= 15 is 0 Å². The number of aryl methyl sites for hydroxylation is 1. The van der Waals surface area contributed by atoms with Gasteiger partial charge in [-0.2, -0.15) is 0 Å². The van der Waals surface area contributed by atoms with Crippen LogP contribution in [0.15, 0.2) is 16.6 Å². The van der Waals surface area contributed by atoms with Crippen LogP contribution in [0.4, 0.5) is 4.39 Å². The minimum atomic E-state index is -0.643. The molecule has 0 aliphatic rings. The first kappa shape index (κ1) is 14.0. The number of halogens is 3. The Morgan fingerprint density at radius 3 is 2.63 bits per heavy atom. The van der Waals surface area contributed by atoms with E-state index in [4.69, 9.17) is 16.3 Å². The second-order valence-electron chi connectivity index (χ2n) is 3.75. The first-order valence-electron chi connectivity index (χ1n) is 5.20. The maximum absolute atomic E-state index is 13.4. The van der Waals surface area contributed by atoms with Crippen molar-refractivity contribution in [1.82, 2.24) is 9.97 Å². The normalized spacial score (nSPS) is 10.6. The molecule has 0 saturated carbocycles. The van der Waals surface area contributed by atoms with Gasteiger partial charge in [0.1, 0.15) is 0 Å². The van der Waals surface area contributed by atoms with Crippen LogP contribution in [0.3, 0.4) is 0 Å². The summed E-state index contributed by atoms with van der Waals surface area (Å²) in [5.74, 6) is -0.166. The van der Waals surface area contributed by atoms with Crippen molar-refractivity contribution < 1.29 is 14.2 Å². The molecule has 0 atom stereocenters. The molecule has 0 amide bonds. The van der Waals surface area contributed by atoms with Gasteiger partial charge in [0.2, 0.25) is 0 Å². The molecule has 0 aliphatic heterocycles. The Morgan fingerprint density at radius 1 is 1.37 bits per heavy atom. The fraction of sp³-hybridized carbons (Fsp3) is 0.167. The predicted molar refractivity (Wildman–Crippen MR) is 73.1 cm³/mol. The lowest BCUT2D eigenvalue weighted by molar-refractivity contribution is 0.372. The molecule has 1 aromatic heterocycles. The van der Waals surface area contributed by atoms with Crippen molar-refractivity contribution in [3.63, 3.8) is 0 Å². The van der Waals surface area contributed by atoms with E-state index in [2.05, 4.69) is 25.9 Å². The van der Waals surface area contributed by atoms with E-state index in [9.17, 15) is 9.50 Å². The van der Waals surface area contributed by atoms with Crippen LogP contribution in [-0.4, -0.2) is 22.2 Å². The highest BCUT2D eigenvalue weighted by atomic mass is 79.9. The number of aromatic nitrogens is 2. The largest absolute Gasteiger partial charge is 0.503 e. The number of hydrogen-bond donors (Lipinski definition) is 1. The van der Waals surface area contributed by atoms with Gasteiger partial charge >= 0.3 is 0 Å². The van der Waals surface area contributed by atoms with Gasteiger partial charge < -0.3 is 9.84 Å². The quantitative estimate of drug-likeness (QED) is 0.841. The summed E-state index contributed by atoms with van der Waals surface area (Å²) in [4.78, 5) is 7.89. The smallest absolute Gasteiger partial charge is 0.181 e. The number of ether oxygens (including phenoxy) is 1. The fourth-order valence-electron chi connectivity index (χ4n) is 1.51. The lowest BCUT2D eigenvalue weighted by Gasteiger charge is -2.09. The summed E-state index contributed by atoms with van der Waals surface area (Å²) in [6, 6.07) is 3.14. The third-order valence-corrected chi connectivity index (χ3v) is 3.34. The van der Waals surface area contributed by atoms with E-state index in [1.807, 2.05) is 0 Å². The summed E-state index contributed by atoms with van der Waals surface area (Å²) in [7, 11) is 1.43. The number of rotatable bonds is 2. The van der Waals surface area contributed by atoms with Gasteiger partial charge in [-0.3, -0.25) is 0 Å². The topological polar surface area (TPSA) is 55.2 Å². The molecule has 100 valence electrons. The van der Waals surface area contributed by atoms with Gasteiger partial charge in [-0.05, 0) is 35.0 Å². The van der Waals surface area contributed by atoms with Gasteiger partial charge in [0, 0.05) is 5.56 Å². The van der Waals surface area contributed by atoms with E-state index in [0.717, 1.165) is 0 Å². The van der Waals surface area contributed by atoms with Gasteiger partial charge in [0.05, 0.1) is 17.3 Å². The van der Waals surface area contributed by atoms with Crippen molar-refractivity contribution in [2.45, 2.75) is 6.92 Å². The van der Waals surface area contributed by atoms with E-state index in [1.54, 1.807) is 12.1 Å². The zero-order chi connectivity index (χ0) is 14.2. The van der Waals surface area contributed by atoms with E-state index in [1.165, 1.54) is 14.0 Å². The highest BCUT2D eigenvalue weighted by molar-refractivity contribution is 9.10. The Hall–Kier alpha value is -1.40. The maximum atomic E-state index is 13.4. The van der Waals surface area contributed by atoms with Crippen LogP contribution >= 0.6 is 27.5 Å². The number of nitrogens with zero attached hydrogens (tertiary/aromatic N) is 2. The molecule has 0 radical (unpaired) electrons. The second kappa shape index (κ2) is 5.30. The second-order valence-corrected chi connectivity index (χ2v) is 4.96. The van der Waals surface area contributed by atoms with Crippen molar-refractivity contribution in [2.24, 2.45) is 0 Å². The molecular weight excluding hydrogens is 338 g/mol. The highest BCUT2D eigenvalue weighted by Gasteiger charge is 2.15. The molecule has 2 aromatic rings. The van der Waals surface area contributed by atoms with Crippen LogP contribution in [0.25, 0.3) is 11.4 Å². The Balaban J connectivity index is 2.62. The molecule has 0 spiro atoms. The molecule has 4 nitrogen and oxygen atoms in total. The fourth-order valence-corrected chi connectivity index (χ4v) is 2.17. The van der Waals surface area contributed by atoms with Crippen molar-refractivity contribution >= 4 is 27.5 Å². The number of phenols is 1. The standard InChI is InChI=1S/C12H9BrClFN2O2/c1-5-9(15)11(14)17-12(16-5)6-3-7(13)10(18)8(4-6)19-2/h3-4,18H,1-2H3. The summed E-state index contributed by atoms with van der Waals surface area (Å²) < 4.78 is 18.8. The highest BCUT2D eigenvalue weighted by Crippen LogP contribution is 2.38. The van der Waals surface area contributed by atoms with Crippen LogP contribution in [0, 0.1) is 12.7 Å². The van der Waals surface area contributed by atoms with Crippen molar-refractivity contribution in [3.05, 3.63) is 33.3 Å². The Labute approximate surface area is 122 Å². The minimum absolute atomic E-state index is 0.0313. The summed E-state index contributed by atoms with van der Waals surface area (Å²) in [5, 5.41) is 9.48. The first-order chi connectivity index (χ1) is 8.93. The molecule has 0 fully saturated rings. The number of benzene rings is 1. The Morgan fingerprint density at radius 2 is 2.05 bits per heavy atom. The van der Waals surface area contributed by atoms with Gasteiger partial charge in [-0.15, -0.1) is 0 Å². The lowest BCUT2D eigenvalue weighted by Crippen LogP contribution is -1.98. The molecule has 0 aliphatic carbocycles. The monoisotopic (exact) mass is 346 g/mol. The predicted octanol–water partition coefficient (Wildman–Crippen LogP) is 3.72. The maximum Gasteiger partial charge on any atom is 0.181 e. The van der Waals surface area contributed by atoms with Crippen LogP contribution in [0.2, 0.25) is 5.15 Å². The van der Waals surface area contributed by atoms with Crippen molar-refractivity contribution in [2.75, 3.05) is 7.11 Å². The summed E-state index contributed by atoms with van der Waals surface area (Å²) in [6.07, 6.45) is 0. The Bertz CT molecular complexity index is 629. The third-order valence-electron chi connectivity index (χ3n) is 2.48. The minimum Gasteiger partial charge on any atom is -0.503 e. The van der Waals surface area contributed by atoms with Gasteiger partial charge in [0.15, 0.2) is 28.3 Å². The molecule has 7 heteroatoms. The Kier molecular flexibility index (Phi) is 3.91.